The monoisotopic (exact) mass is 278 g/mol. The van der Waals surface area contributed by atoms with Crippen molar-refractivity contribution in [3.63, 3.8) is 0 Å². The number of aryl methyl sites for hydroxylation is 3. The van der Waals surface area contributed by atoms with E-state index in [1.54, 1.807) is 4.68 Å². The third-order valence-electron chi connectivity index (χ3n) is 3.62. The molecule has 3 aromatic rings. The average molecular weight is 278 g/mol. The Morgan fingerprint density at radius 3 is 2.29 bits per heavy atom. The van der Waals surface area contributed by atoms with Gasteiger partial charge in [-0.1, -0.05) is 47.2 Å². The minimum absolute atomic E-state index is 0.563. The van der Waals surface area contributed by atoms with Crippen LogP contribution < -0.4 is 5.73 Å². The normalized spacial score (nSPS) is 10.8. The number of anilines is 1. The maximum Gasteiger partial charge on any atom is 0.155 e. The molecule has 0 radical (unpaired) electrons. The second-order valence-electron chi connectivity index (χ2n) is 5.39. The lowest BCUT2D eigenvalue weighted by Crippen LogP contribution is -2.04. The Hall–Kier alpha value is -2.62. The number of hydrogen-bond acceptors (Lipinski definition) is 3. The maximum absolute atomic E-state index is 6.26. The first-order chi connectivity index (χ1) is 10.1. The molecule has 4 nitrogen and oxygen atoms in total. The molecule has 0 fully saturated rings. The predicted octanol–water partition coefficient (Wildman–Crippen LogP) is 3.44. The molecule has 106 valence electrons. The number of nitrogen functional groups attached to an aromatic ring is 1. The first-order valence-corrected chi connectivity index (χ1v) is 6.92. The summed E-state index contributed by atoms with van der Waals surface area (Å²) in [7, 11) is 0. The molecule has 0 atom stereocenters. The summed E-state index contributed by atoms with van der Waals surface area (Å²) in [5.41, 5.74) is 12.4. The molecule has 0 aliphatic heterocycles. The van der Waals surface area contributed by atoms with Gasteiger partial charge >= 0.3 is 0 Å². The van der Waals surface area contributed by atoms with Crippen molar-refractivity contribution in [3.05, 3.63) is 59.2 Å². The topological polar surface area (TPSA) is 56.7 Å². The Bertz CT molecular complexity index is 785. The van der Waals surface area contributed by atoms with Crippen LogP contribution in [0.25, 0.3) is 16.9 Å². The Morgan fingerprint density at radius 2 is 1.57 bits per heavy atom. The molecule has 0 aliphatic rings. The van der Waals surface area contributed by atoms with E-state index in [4.69, 9.17) is 5.73 Å². The zero-order valence-electron chi connectivity index (χ0n) is 12.5. The summed E-state index contributed by atoms with van der Waals surface area (Å²) in [6, 6.07) is 14.3. The highest BCUT2D eigenvalue weighted by Gasteiger charge is 2.14. The van der Waals surface area contributed by atoms with Gasteiger partial charge in [-0.15, -0.1) is 5.10 Å². The number of aromatic nitrogens is 3. The van der Waals surface area contributed by atoms with E-state index in [0.29, 0.717) is 5.82 Å². The fourth-order valence-electron chi connectivity index (χ4n) is 2.33. The lowest BCUT2D eigenvalue weighted by molar-refractivity contribution is 0.805. The SMILES string of the molecule is Cc1ccc(-c2nnn(-c3cc(C)ccc3C)c2N)cc1. The van der Waals surface area contributed by atoms with Gasteiger partial charge in [-0.2, -0.15) is 4.68 Å². The van der Waals surface area contributed by atoms with Crippen LogP contribution in [0.3, 0.4) is 0 Å². The quantitative estimate of drug-likeness (QED) is 0.781. The third kappa shape index (κ3) is 2.40. The van der Waals surface area contributed by atoms with Gasteiger partial charge in [0.15, 0.2) is 5.82 Å². The highest BCUT2D eigenvalue weighted by molar-refractivity contribution is 5.71. The van der Waals surface area contributed by atoms with Gasteiger partial charge < -0.3 is 5.73 Å². The molecule has 0 amide bonds. The number of nitrogens with zero attached hydrogens (tertiary/aromatic N) is 3. The molecule has 0 spiro atoms. The van der Waals surface area contributed by atoms with Crippen LogP contribution in [-0.2, 0) is 0 Å². The number of benzene rings is 2. The first kappa shape index (κ1) is 13.4. The van der Waals surface area contributed by atoms with Crippen LogP contribution in [0.5, 0.6) is 0 Å². The second-order valence-corrected chi connectivity index (χ2v) is 5.39. The van der Waals surface area contributed by atoms with Crippen molar-refractivity contribution in [3.8, 4) is 16.9 Å². The molecule has 2 aromatic carbocycles. The van der Waals surface area contributed by atoms with E-state index in [0.717, 1.165) is 22.5 Å². The van der Waals surface area contributed by atoms with Crippen LogP contribution in [0.15, 0.2) is 42.5 Å². The van der Waals surface area contributed by atoms with Gasteiger partial charge in [-0.05, 0) is 38.0 Å². The van der Waals surface area contributed by atoms with E-state index in [9.17, 15) is 0 Å². The highest BCUT2D eigenvalue weighted by atomic mass is 15.5. The number of hydrogen-bond donors (Lipinski definition) is 1. The molecule has 3 rings (SSSR count). The van der Waals surface area contributed by atoms with E-state index >= 15 is 0 Å². The zero-order valence-corrected chi connectivity index (χ0v) is 12.5. The summed E-state index contributed by atoms with van der Waals surface area (Å²) in [4.78, 5) is 0. The summed E-state index contributed by atoms with van der Waals surface area (Å²) in [6.45, 7) is 6.15. The van der Waals surface area contributed by atoms with Crippen molar-refractivity contribution in [2.24, 2.45) is 0 Å². The Morgan fingerprint density at radius 1 is 0.905 bits per heavy atom. The van der Waals surface area contributed by atoms with Crippen molar-refractivity contribution in [1.82, 2.24) is 15.0 Å². The van der Waals surface area contributed by atoms with E-state index in [1.807, 2.05) is 31.2 Å². The maximum atomic E-state index is 6.26. The molecule has 21 heavy (non-hydrogen) atoms. The van der Waals surface area contributed by atoms with Crippen molar-refractivity contribution in [1.29, 1.82) is 0 Å². The van der Waals surface area contributed by atoms with Gasteiger partial charge in [0.2, 0.25) is 0 Å². The van der Waals surface area contributed by atoms with Gasteiger partial charge in [0.05, 0.1) is 5.69 Å². The average Bonchev–Trinajstić information content (AvgIpc) is 2.84. The zero-order chi connectivity index (χ0) is 15.0. The Balaban J connectivity index is 2.11. The van der Waals surface area contributed by atoms with Gasteiger partial charge in [0, 0.05) is 5.56 Å². The van der Waals surface area contributed by atoms with Crippen molar-refractivity contribution in [2.75, 3.05) is 5.73 Å². The largest absolute Gasteiger partial charge is 0.382 e. The number of rotatable bonds is 2. The minimum atomic E-state index is 0.563. The van der Waals surface area contributed by atoms with E-state index in [1.165, 1.54) is 11.1 Å². The highest BCUT2D eigenvalue weighted by Crippen LogP contribution is 2.27. The van der Waals surface area contributed by atoms with Crippen LogP contribution >= 0.6 is 0 Å². The molecule has 4 heteroatoms. The molecule has 0 unspecified atom stereocenters. The van der Waals surface area contributed by atoms with Crippen molar-refractivity contribution in [2.45, 2.75) is 20.8 Å². The minimum Gasteiger partial charge on any atom is -0.382 e. The summed E-state index contributed by atoms with van der Waals surface area (Å²) in [5, 5.41) is 8.48. The fourth-order valence-corrected chi connectivity index (χ4v) is 2.33. The van der Waals surface area contributed by atoms with E-state index in [2.05, 4.69) is 42.4 Å². The van der Waals surface area contributed by atoms with Crippen LogP contribution in [0.2, 0.25) is 0 Å². The van der Waals surface area contributed by atoms with Gasteiger partial charge in [0.1, 0.15) is 5.69 Å². The smallest absolute Gasteiger partial charge is 0.155 e. The molecule has 0 bridgehead atoms. The lowest BCUT2D eigenvalue weighted by Gasteiger charge is -2.08. The molecule has 0 aliphatic carbocycles. The van der Waals surface area contributed by atoms with E-state index < -0.39 is 0 Å². The molecule has 1 heterocycles. The van der Waals surface area contributed by atoms with Gasteiger partial charge in [0.25, 0.3) is 0 Å². The van der Waals surface area contributed by atoms with Gasteiger partial charge in [-0.25, -0.2) is 0 Å². The fraction of sp³-hybridized carbons (Fsp3) is 0.176. The molecule has 2 N–H and O–H groups in total. The molecule has 1 aromatic heterocycles. The van der Waals surface area contributed by atoms with Crippen molar-refractivity contribution >= 4 is 5.82 Å². The van der Waals surface area contributed by atoms with Crippen LogP contribution in [-0.4, -0.2) is 15.0 Å². The first-order valence-electron chi connectivity index (χ1n) is 6.92. The van der Waals surface area contributed by atoms with Gasteiger partial charge in [-0.3, -0.25) is 0 Å². The Kier molecular flexibility index (Phi) is 3.22. The molecule has 0 saturated carbocycles. The van der Waals surface area contributed by atoms with Crippen LogP contribution in [0, 0.1) is 20.8 Å². The third-order valence-corrected chi connectivity index (χ3v) is 3.62. The van der Waals surface area contributed by atoms with E-state index in [-0.39, 0.29) is 0 Å². The second kappa shape index (κ2) is 5.05. The summed E-state index contributed by atoms with van der Waals surface area (Å²) < 4.78 is 1.71. The van der Waals surface area contributed by atoms with Crippen molar-refractivity contribution < 1.29 is 0 Å². The number of nitrogens with two attached hydrogens (primary N) is 1. The summed E-state index contributed by atoms with van der Waals surface area (Å²) >= 11 is 0. The molecular formula is C17H18N4. The lowest BCUT2D eigenvalue weighted by atomic mass is 10.1. The standard InChI is InChI=1S/C17H18N4/c1-11-5-8-14(9-6-11)16-17(18)21(20-19-16)15-10-12(2)4-7-13(15)3/h4-10H,18H2,1-3H3. The van der Waals surface area contributed by atoms with Crippen LogP contribution in [0.4, 0.5) is 5.82 Å². The van der Waals surface area contributed by atoms with Crippen LogP contribution in [0.1, 0.15) is 16.7 Å². The Labute approximate surface area is 124 Å². The molecule has 0 saturated heterocycles. The predicted molar refractivity (Wildman–Crippen MR) is 85.4 cm³/mol. The summed E-state index contributed by atoms with van der Waals surface area (Å²) in [6.07, 6.45) is 0. The summed E-state index contributed by atoms with van der Waals surface area (Å²) in [5.74, 6) is 0.563. The molecular weight excluding hydrogens is 260 g/mol.